The van der Waals surface area contributed by atoms with Gasteiger partial charge in [-0.2, -0.15) is 0 Å². The Kier molecular flexibility index (Phi) is 5.05. The molecule has 2 saturated carbocycles. The van der Waals surface area contributed by atoms with Crippen LogP contribution in [0, 0.1) is 5.92 Å². The molecule has 2 N–H and O–H groups in total. The van der Waals surface area contributed by atoms with Gasteiger partial charge < -0.3 is 15.4 Å². The molecule has 0 atom stereocenters. The zero-order valence-electron chi connectivity index (χ0n) is 11.6. The largest absolute Gasteiger partial charge is 0.450 e. The highest BCUT2D eigenvalue weighted by molar-refractivity contribution is 5.79. The first kappa shape index (κ1) is 14.2. The first-order valence-corrected chi connectivity index (χ1v) is 7.42. The molecule has 2 aliphatic rings. The van der Waals surface area contributed by atoms with E-state index in [4.69, 9.17) is 4.74 Å². The molecule has 0 spiro atoms. The molecule has 5 heteroatoms. The van der Waals surface area contributed by atoms with Gasteiger partial charge in [-0.1, -0.05) is 6.42 Å². The fourth-order valence-electron chi connectivity index (χ4n) is 2.71. The monoisotopic (exact) mass is 268 g/mol. The Bertz CT molecular complexity index is 321. The number of hydrogen-bond acceptors (Lipinski definition) is 3. The predicted octanol–water partition coefficient (Wildman–Crippen LogP) is 1.96. The molecule has 0 aromatic heterocycles. The summed E-state index contributed by atoms with van der Waals surface area (Å²) in [5, 5.41) is 6.00. The van der Waals surface area contributed by atoms with Gasteiger partial charge in [-0.25, -0.2) is 4.79 Å². The molecule has 0 aliphatic heterocycles. The van der Waals surface area contributed by atoms with E-state index in [9.17, 15) is 9.59 Å². The van der Waals surface area contributed by atoms with Gasteiger partial charge in [0.15, 0.2) is 0 Å². The first-order chi connectivity index (χ1) is 9.19. The van der Waals surface area contributed by atoms with Crippen LogP contribution in [0.25, 0.3) is 0 Å². The lowest BCUT2D eigenvalue weighted by molar-refractivity contribution is -0.128. The molecule has 0 radical (unpaired) electrons. The number of hydrogen-bond donors (Lipinski definition) is 2. The van der Waals surface area contributed by atoms with Crippen LogP contribution in [-0.4, -0.2) is 30.7 Å². The quantitative estimate of drug-likeness (QED) is 0.819. The summed E-state index contributed by atoms with van der Waals surface area (Å²) in [4.78, 5) is 23.1. The van der Waals surface area contributed by atoms with Crippen LogP contribution in [0.15, 0.2) is 0 Å². The van der Waals surface area contributed by atoms with Crippen LogP contribution in [-0.2, 0) is 9.53 Å². The van der Waals surface area contributed by atoms with Gasteiger partial charge in [0.1, 0.15) is 0 Å². The topological polar surface area (TPSA) is 67.4 Å². The molecule has 0 aromatic rings. The Labute approximate surface area is 114 Å². The molecule has 2 aliphatic carbocycles. The third-order valence-corrected chi connectivity index (χ3v) is 4.15. The van der Waals surface area contributed by atoms with Crippen LogP contribution in [0.1, 0.15) is 51.9 Å². The lowest BCUT2D eigenvalue weighted by Crippen LogP contribution is -2.46. The van der Waals surface area contributed by atoms with Crippen LogP contribution in [0.3, 0.4) is 0 Å². The lowest BCUT2D eigenvalue weighted by atomic mass is 9.84. The molecule has 0 aromatic carbocycles. The maximum Gasteiger partial charge on any atom is 0.407 e. The second-order valence-electron chi connectivity index (χ2n) is 5.55. The van der Waals surface area contributed by atoms with Crippen molar-refractivity contribution < 1.29 is 14.3 Å². The van der Waals surface area contributed by atoms with E-state index in [1.807, 2.05) is 0 Å². The van der Waals surface area contributed by atoms with Crippen LogP contribution in [0.5, 0.6) is 0 Å². The van der Waals surface area contributed by atoms with Crippen molar-refractivity contribution in [2.45, 2.75) is 64.0 Å². The predicted molar refractivity (Wildman–Crippen MR) is 71.7 cm³/mol. The summed E-state index contributed by atoms with van der Waals surface area (Å²) in [5.74, 6) is 0.489. The molecule has 2 amide bonds. The minimum Gasteiger partial charge on any atom is -0.450 e. The summed E-state index contributed by atoms with van der Waals surface area (Å²) < 4.78 is 4.87. The van der Waals surface area contributed by atoms with Crippen LogP contribution in [0.4, 0.5) is 4.79 Å². The molecule has 5 nitrogen and oxygen atoms in total. The van der Waals surface area contributed by atoms with Crippen molar-refractivity contribution in [3.63, 3.8) is 0 Å². The van der Waals surface area contributed by atoms with E-state index >= 15 is 0 Å². The fourth-order valence-corrected chi connectivity index (χ4v) is 2.71. The summed E-state index contributed by atoms with van der Waals surface area (Å²) in [7, 11) is 0. The Balaban J connectivity index is 1.64. The molecule has 0 saturated heterocycles. The maximum absolute atomic E-state index is 11.8. The van der Waals surface area contributed by atoms with Crippen molar-refractivity contribution in [3.05, 3.63) is 0 Å². The van der Waals surface area contributed by atoms with Crippen LogP contribution < -0.4 is 10.6 Å². The summed E-state index contributed by atoms with van der Waals surface area (Å²) in [5.41, 5.74) is 0. The minimum absolute atomic E-state index is 0.191. The number of alkyl carbamates (subject to hydrolysis) is 1. The lowest BCUT2D eigenvalue weighted by Gasteiger charge is -2.32. The minimum atomic E-state index is -0.329. The van der Waals surface area contributed by atoms with Gasteiger partial charge in [-0.15, -0.1) is 0 Å². The smallest absolute Gasteiger partial charge is 0.407 e. The van der Waals surface area contributed by atoms with Gasteiger partial charge in [-0.05, 0) is 45.4 Å². The summed E-state index contributed by atoms with van der Waals surface area (Å²) >= 11 is 0. The maximum atomic E-state index is 11.8. The molecule has 0 bridgehead atoms. The number of rotatable bonds is 4. The number of nitrogens with one attached hydrogen (secondary N) is 2. The number of amides is 2. The molecular formula is C14H24N2O3. The Morgan fingerprint density at radius 1 is 1.00 bits per heavy atom. The summed E-state index contributed by atoms with van der Waals surface area (Å²) in [6.07, 6.45) is 6.66. The number of carbonyl (C=O) groups is 2. The van der Waals surface area contributed by atoms with Crippen molar-refractivity contribution in [1.29, 1.82) is 0 Å². The van der Waals surface area contributed by atoms with Crippen LogP contribution in [0.2, 0.25) is 0 Å². The third-order valence-electron chi connectivity index (χ3n) is 4.15. The second kappa shape index (κ2) is 6.78. The van der Waals surface area contributed by atoms with Crippen molar-refractivity contribution in [2.75, 3.05) is 6.61 Å². The Morgan fingerprint density at radius 2 is 1.58 bits per heavy atom. The molecule has 19 heavy (non-hydrogen) atoms. The van der Waals surface area contributed by atoms with Gasteiger partial charge in [0.05, 0.1) is 6.61 Å². The first-order valence-electron chi connectivity index (χ1n) is 7.42. The van der Waals surface area contributed by atoms with Gasteiger partial charge in [0.2, 0.25) is 5.91 Å². The van der Waals surface area contributed by atoms with E-state index < -0.39 is 0 Å². The van der Waals surface area contributed by atoms with E-state index in [1.165, 1.54) is 6.42 Å². The highest BCUT2D eigenvalue weighted by Crippen LogP contribution is 2.27. The second-order valence-corrected chi connectivity index (χ2v) is 5.55. The van der Waals surface area contributed by atoms with E-state index in [-0.39, 0.29) is 30.0 Å². The standard InChI is InChI=1S/C14H24N2O3/c1-2-19-14(18)16-12-8-6-11(7-9-12)15-13(17)10-4-3-5-10/h10-12H,2-9H2,1H3,(H,15,17)(H,16,18). The van der Waals surface area contributed by atoms with Gasteiger partial charge >= 0.3 is 6.09 Å². The van der Waals surface area contributed by atoms with E-state index in [0.29, 0.717) is 6.61 Å². The van der Waals surface area contributed by atoms with E-state index in [2.05, 4.69) is 10.6 Å². The molecule has 2 rings (SSSR count). The van der Waals surface area contributed by atoms with Crippen molar-refractivity contribution in [1.82, 2.24) is 10.6 Å². The van der Waals surface area contributed by atoms with Gasteiger partial charge in [0.25, 0.3) is 0 Å². The average molecular weight is 268 g/mol. The summed E-state index contributed by atoms with van der Waals surface area (Å²) in [6, 6.07) is 0.476. The molecule has 0 unspecified atom stereocenters. The normalized spacial score (nSPS) is 27.2. The molecule has 0 heterocycles. The zero-order valence-corrected chi connectivity index (χ0v) is 11.6. The molecule has 2 fully saturated rings. The highest BCUT2D eigenvalue weighted by atomic mass is 16.5. The van der Waals surface area contributed by atoms with Crippen molar-refractivity contribution in [3.8, 4) is 0 Å². The van der Waals surface area contributed by atoms with E-state index in [0.717, 1.165) is 38.5 Å². The van der Waals surface area contributed by atoms with Crippen LogP contribution >= 0.6 is 0 Å². The van der Waals surface area contributed by atoms with E-state index in [1.54, 1.807) is 6.92 Å². The SMILES string of the molecule is CCOC(=O)NC1CCC(NC(=O)C2CCC2)CC1. The Hall–Kier alpha value is -1.26. The fraction of sp³-hybridized carbons (Fsp3) is 0.857. The zero-order chi connectivity index (χ0) is 13.7. The summed E-state index contributed by atoms with van der Waals surface area (Å²) in [6.45, 7) is 2.20. The average Bonchev–Trinajstić information content (AvgIpc) is 2.29. The van der Waals surface area contributed by atoms with Gasteiger partial charge in [-0.3, -0.25) is 4.79 Å². The number of ether oxygens (including phenoxy) is 1. The van der Waals surface area contributed by atoms with Crippen molar-refractivity contribution in [2.24, 2.45) is 5.92 Å². The Morgan fingerprint density at radius 3 is 2.05 bits per heavy atom. The van der Waals surface area contributed by atoms with Crippen molar-refractivity contribution >= 4 is 12.0 Å². The highest BCUT2D eigenvalue weighted by Gasteiger charge is 2.29. The molecule has 108 valence electrons. The third kappa shape index (κ3) is 4.11. The molecular weight excluding hydrogens is 244 g/mol. The van der Waals surface area contributed by atoms with Gasteiger partial charge in [0, 0.05) is 18.0 Å². The number of carbonyl (C=O) groups excluding carboxylic acids is 2.